The normalized spacial score (nSPS) is 38.2. The molecule has 8 nitrogen and oxygen atoms in total. The molecule has 0 aromatic carbocycles. The lowest BCUT2D eigenvalue weighted by molar-refractivity contribution is -0.232. The Morgan fingerprint density at radius 1 is 1.04 bits per heavy atom. The summed E-state index contributed by atoms with van der Waals surface area (Å²) in [6.45, 7) is 7.60. The molecule has 138 valence electrons. The fraction of sp³-hybridized carbons (Fsp3) is 0.706. The van der Waals surface area contributed by atoms with Crippen LogP contribution in [0.1, 0.15) is 38.2 Å². The molecular formula is C17H23NO7. The van der Waals surface area contributed by atoms with Gasteiger partial charge in [-0.2, -0.15) is 0 Å². The van der Waals surface area contributed by atoms with Gasteiger partial charge < -0.3 is 33.4 Å². The molecule has 4 heterocycles. The zero-order chi connectivity index (χ0) is 17.8. The standard InChI is InChI=1S/C17H23NO7/c1-16(2)22-11-10(8-18-14(19)9-6-5-7-20-9)21-15-13(12(11)23-16)24-17(3,4)25-15/h5-7,10-13,15H,8H2,1-4H3,(H,18,19). The number of hydrogen-bond acceptors (Lipinski definition) is 7. The summed E-state index contributed by atoms with van der Waals surface area (Å²) in [5, 5.41) is 2.81. The van der Waals surface area contributed by atoms with Gasteiger partial charge in [-0.3, -0.25) is 4.79 Å². The van der Waals surface area contributed by atoms with Crippen molar-refractivity contribution in [2.24, 2.45) is 0 Å². The quantitative estimate of drug-likeness (QED) is 0.879. The number of nitrogens with one attached hydrogen (secondary N) is 1. The largest absolute Gasteiger partial charge is 0.459 e. The lowest BCUT2D eigenvalue weighted by Crippen LogP contribution is -2.57. The Hall–Kier alpha value is -1.45. The highest BCUT2D eigenvalue weighted by atomic mass is 16.9. The van der Waals surface area contributed by atoms with Gasteiger partial charge in [-0.25, -0.2) is 0 Å². The van der Waals surface area contributed by atoms with Crippen LogP contribution >= 0.6 is 0 Å². The molecule has 3 saturated heterocycles. The number of carbonyl (C=O) groups excluding carboxylic acids is 1. The van der Waals surface area contributed by atoms with Crippen LogP contribution in [-0.4, -0.2) is 54.7 Å². The van der Waals surface area contributed by atoms with Crippen LogP contribution < -0.4 is 5.32 Å². The maximum atomic E-state index is 12.1. The van der Waals surface area contributed by atoms with Crippen molar-refractivity contribution in [3.63, 3.8) is 0 Å². The first-order valence-corrected chi connectivity index (χ1v) is 8.43. The molecule has 3 fully saturated rings. The van der Waals surface area contributed by atoms with Gasteiger partial charge in [-0.15, -0.1) is 0 Å². The van der Waals surface area contributed by atoms with Crippen molar-refractivity contribution in [2.45, 2.75) is 70.0 Å². The summed E-state index contributed by atoms with van der Waals surface area (Å²) in [7, 11) is 0. The van der Waals surface area contributed by atoms with Gasteiger partial charge in [0.1, 0.15) is 24.4 Å². The van der Waals surface area contributed by atoms with Gasteiger partial charge in [0.25, 0.3) is 5.91 Å². The number of rotatable bonds is 3. The van der Waals surface area contributed by atoms with Crippen molar-refractivity contribution in [3.05, 3.63) is 24.2 Å². The minimum atomic E-state index is -0.762. The molecule has 5 atom stereocenters. The average Bonchev–Trinajstić information content (AvgIpc) is 3.19. The highest BCUT2D eigenvalue weighted by molar-refractivity contribution is 5.91. The summed E-state index contributed by atoms with van der Waals surface area (Å²) in [6.07, 6.45) is -0.622. The molecule has 1 aromatic rings. The van der Waals surface area contributed by atoms with Gasteiger partial charge in [0, 0.05) is 6.54 Å². The van der Waals surface area contributed by atoms with Crippen LogP contribution in [0, 0.1) is 0 Å². The molecule has 1 aromatic heterocycles. The number of carbonyl (C=O) groups is 1. The van der Waals surface area contributed by atoms with Crippen LogP contribution in [0.4, 0.5) is 0 Å². The summed E-state index contributed by atoms with van der Waals surface area (Å²) < 4.78 is 34.9. The first-order chi connectivity index (χ1) is 11.7. The zero-order valence-corrected chi connectivity index (χ0v) is 14.7. The van der Waals surface area contributed by atoms with E-state index in [0.29, 0.717) is 0 Å². The Morgan fingerprint density at radius 3 is 2.44 bits per heavy atom. The summed E-state index contributed by atoms with van der Waals surface area (Å²) in [5.41, 5.74) is 0. The molecule has 1 amide bonds. The van der Waals surface area contributed by atoms with Gasteiger partial charge in [0.05, 0.1) is 6.26 Å². The van der Waals surface area contributed by atoms with Gasteiger partial charge in [0.15, 0.2) is 23.6 Å². The third-order valence-electron chi connectivity index (χ3n) is 4.46. The number of fused-ring (bicyclic) bond motifs is 3. The van der Waals surface area contributed by atoms with E-state index in [0.717, 1.165) is 0 Å². The Bertz CT molecular complexity index is 641. The topological polar surface area (TPSA) is 88.4 Å². The molecule has 4 rings (SSSR count). The maximum Gasteiger partial charge on any atom is 0.287 e. The molecule has 25 heavy (non-hydrogen) atoms. The van der Waals surface area contributed by atoms with Gasteiger partial charge >= 0.3 is 0 Å². The second-order valence-electron chi connectivity index (χ2n) is 7.40. The Kier molecular flexibility index (Phi) is 3.93. The molecule has 3 aliphatic rings. The fourth-order valence-electron chi connectivity index (χ4n) is 3.55. The van der Waals surface area contributed by atoms with Crippen molar-refractivity contribution in [2.75, 3.05) is 6.54 Å². The van der Waals surface area contributed by atoms with Crippen LogP contribution in [0.2, 0.25) is 0 Å². The van der Waals surface area contributed by atoms with Crippen LogP contribution in [0.3, 0.4) is 0 Å². The summed E-state index contributed by atoms with van der Waals surface area (Å²) >= 11 is 0. The molecule has 1 N–H and O–H groups in total. The van der Waals surface area contributed by atoms with Crippen molar-refractivity contribution < 1.29 is 32.9 Å². The molecule has 8 heteroatoms. The van der Waals surface area contributed by atoms with Crippen molar-refractivity contribution in [3.8, 4) is 0 Å². The summed E-state index contributed by atoms with van der Waals surface area (Å²) in [6, 6.07) is 3.26. The van der Waals surface area contributed by atoms with Crippen LogP contribution in [0.5, 0.6) is 0 Å². The molecule has 3 aliphatic heterocycles. The van der Waals surface area contributed by atoms with Crippen molar-refractivity contribution in [1.82, 2.24) is 5.32 Å². The van der Waals surface area contributed by atoms with E-state index in [4.69, 9.17) is 28.1 Å². The second kappa shape index (κ2) is 5.78. The number of furan rings is 1. The predicted molar refractivity (Wildman–Crippen MR) is 83.6 cm³/mol. The Labute approximate surface area is 145 Å². The van der Waals surface area contributed by atoms with E-state index in [-0.39, 0.29) is 36.5 Å². The van der Waals surface area contributed by atoms with Crippen molar-refractivity contribution >= 4 is 5.91 Å². The lowest BCUT2D eigenvalue weighted by atomic mass is 9.99. The third kappa shape index (κ3) is 3.20. The van der Waals surface area contributed by atoms with Crippen LogP contribution in [-0.2, 0) is 23.7 Å². The number of hydrogen-bond donors (Lipinski definition) is 1. The monoisotopic (exact) mass is 353 g/mol. The molecule has 0 radical (unpaired) electrons. The fourth-order valence-corrected chi connectivity index (χ4v) is 3.55. The maximum absolute atomic E-state index is 12.1. The zero-order valence-electron chi connectivity index (χ0n) is 14.7. The van der Waals surface area contributed by atoms with Gasteiger partial charge in [0.2, 0.25) is 0 Å². The number of amides is 1. The van der Waals surface area contributed by atoms with Gasteiger partial charge in [-0.1, -0.05) is 0 Å². The Morgan fingerprint density at radius 2 is 1.72 bits per heavy atom. The minimum Gasteiger partial charge on any atom is -0.459 e. The van der Waals surface area contributed by atoms with E-state index in [2.05, 4.69) is 5.32 Å². The molecule has 5 unspecified atom stereocenters. The first-order valence-electron chi connectivity index (χ1n) is 8.43. The van der Waals surface area contributed by atoms with Gasteiger partial charge in [-0.05, 0) is 39.8 Å². The van der Waals surface area contributed by atoms with Crippen LogP contribution in [0.25, 0.3) is 0 Å². The highest BCUT2D eigenvalue weighted by Crippen LogP contribution is 2.43. The third-order valence-corrected chi connectivity index (χ3v) is 4.46. The van der Waals surface area contributed by atoms with Crippen LogP contribution in [0.15, 0.2) is 22.8 Å². The van der Waals surface area contributed by atoms with E-state index < -0.39 is 24.0 Å². The SMILES string of the molecule is CC1(C)OC2OC(CNC(=O)c3ccco3)C3OC(C)(C)OC3C2O1. The number of ether oxygens (including phenoxy) is 5. The molecule has 0 aliphatic carbocycles. The summed E-state index contributed by atoms with van der Waals surface area (Å²) in [5.74, 6) is -1.58. The first kappa shape index (κ1) is 17.0. The Balaban J connectivity index is 1.49. The van der Waals surface area contributed by atoms with E-state index in [1.54, 1.807) is 12.1 Å². The van der Waals surface area contributed by atoms with E-state index in [1.165, 1.54) is 6.26 Å². The van der Waals surface area contributed by atoms with E-state index >= 15 is 0 Å². The molecule has 0 spiro atoms. The predicted octanol–water partition coefficient (Wildman–Crippen LogP) is 1.41. The minimum absolute atomic E-state index is 0.243. The molecule has 0 bridgehead atoms. The second-order valence-corrected chi connectivity index (χ2v) is 7.40. The highest BCUT2D eigenvalue weighted by Gasteiger charge is 2.60. The molecule has 0 saturated carbocycles. The van der Waals surface area contributed by atoms with Crippen molar-refractivity contribution in [1.29, 1.82) is 0 Å². The molecular weight excluding hydrogens is 330 g/mol. The van der Waals surface area contributed by atoms with E-state index in [1.807, 2.05) is 27.7 Å². The average molecular weight is 353 g/mol. The lowest BCUT2D eigenvalue weighted by Gasteiger charge is -2.37. The smallest absolute Gasteiger partial charge is 0.287 e. The van der Waals surface area contributed by atoms with E-state index in [9.17, 15) is 4.79 Å². The summed E-state index contributed by atoms with van der Waals surface area (Å²) in [4.78, 5) is 12.1.